The van der Waals surface area contributed by atoms with Crippen molar-refractivity contribution in [1.29, 1.82) is 0 Å². The number of phenolic OH excluding ortho intramolecular Hbond substituents is 1. The normalized spacial score (nSPS) is 11.6. The summed E-state index contributed by atoms with van der Waals surface area (Å²) in [6.45, 7) is 0.825. The topological polar surface area (TPSA) is 92.4 Å². The zero-order valence-corrected chi connectivity index (χ0v) is 10.9. The van der Waals surface area contributed by atoms with Crippen molar-refractivity contribution in [3.63, 3.8) is 0 Å². The summed E-state index contributed by atoms with van der Waals surface area (Å²) in [5.41, 5.74) is 0.944. The van der Waals surface area contributed by atoms with Gasteiger partial charge in [-0.3, -0.25) is 0 Å². The first-order valence-corrected chi connectivity index (χ1v) is 7.08. The summed E-state index contributed by atoms with van der Waals surface area (Å²) in [5.74, 6) is 0.0833. The van der Waals surface area contributed by atoms with Gasteiger partial charge in [0.05, 0.1) is 10.2 Å². The maximum Gasteiger partial charge on any atom is 0.210 e. The number of halogens is 1. The molecule has 0 saturated carbocycles. The van der Waals surface area contributed by atoms with Crippen LogP contribution < -0.4 is 10.5 Å². The van der Waals surface area contributed by atoms with Crippen LogP contribution in [-0.4, -0.2) is 25.8 Å². The fourth-order valence-corrected chi connectivity index (χ4v) is 1.96. The summed E-state index contributed by atoms with van der Waals surface area (Å²) in [6, 6.07) is 5.09. The first kappa shape index (κ1) is 13.4. The van der Waals surface area contributed by atoms with E-state index < -0.39 is 10.0 Å². The van der Waals surface area contributed by atoms with Crippen molar-refractivity contribution in [2.75, 3.05) is 12.3 Å². The van der Waals surface area contributed by atoms with Gasteiger partial charge in [0.2, 0.25) is 10.0 Å². The van der Waals surface area contributed by atoms with E-state index in [0.717, 1.165) is 5.56 Å². The molecule has 0 atom stereocenters. The Labute approximate surface area is 103 Å². The Morgan fingerprint density at radius 3 is 2.69 bits per heavy atom. The maximum absolute atomic E-state index is 10.6. The molecule has 0 unspecified atom stereocenters. The van der Waals surface area contributed by atoms with Crippen LogP contribution in [0.2, 0.25) is 0 Å². The van der Waals surface area contributed by atoms with Crippen LogP contribution in [0.5, 0.6) is 5.75 Å². The van der Waals surface area contributed by atoms with Gasteiger partial charge in [-0.15, -0.1) is 0 Å². The predicted octanol–water partition coefficient (Wildman–Crippen LogP) is 0.533. The van der Waals surface area contributed by atoms with Gasteiger partial charge in [-0.25, -0.2) is 13.6 Å². The molecule has 0 saturated heterocycles. The molecule has 1 aromatic carbocycles. The Morgan fingerprint density at radius 2 is 2.12 bits per heavy atom. The molecule has 0 radical (unpaired) electrons. The van der Waals surface area contributed by atoms with Gasteiger partial charge >= 0.3 is 0 Å². The molecular weight excluding hydrogens is 296 g/mol. The number of hydrogen-bond acceptors (Lipinski definition) is 4. The number of nitrogens with two attached hydrogens (primary N) is 1. The fraction of sp³-hybridized carbons (Fsp3) is 0.333. The van der Waals surface area contributed by atoms with E-state index in [-0.39, 0.29) is 11.5 Å². The number of benzene rings is 1. The van der Waals surface area contributed by atoms with Crippen LogP contribution in [-0.2, 0) is 16.6 Å². The van der Waals surface area contributed by atoms with E-state index in [4.69, 9.17) is 5.14 Å². The molecule has 0 aliphatic heterocycles. The van der Waals surface area contributed by atoms with Crippen LogP contribution in [0.15, 0.2) is 22.7 Å². The van der Waals surface area contributed by atoms with Crippen LogP contribution >= 0.6 is 15.9 Å². The van der Waals surface area contributed by atoms with Crippen molar-refractivity contribution >= 4 is 26.0 Å². The van der Waals surface area contributed by atoms with Gasteiger partial charge < -0.3 is 10.4 Å². The molecule has 4 N–H and O–H groups in total. The van der Waals surface area contributed by atoms with E-state index in [2.05, 4.69) is 21.2 Å². The Morgan fingerprint density at radius 1 is 1.44 bits per heavy atom. The van der Waals surface area contributed by atoms with Crippen LogP contribution in [0.1, 0.15) is 5.56 Å². The smallest absolute Gasteiger partial charge is 0.210 e. The Kier molecular flexibility index (Phi) is 4.72. The zero-order chi connectivity index (χ0) is 12.2. The lowest BCUT2D eigenvalue weighted by Gasteiger charge is -2.05. The average Bonchev–Trinajstić information content (AvgIpc) is 2.17. The average molecular weight is 309 g/mol. The summed E-state index contributed by atoms with van der Waals surface area (Å²) in [6.07, 6.45) is 0. The second-order valence-corrected chi connectivity index (χ2v) is 5.92. The SMILES string of the molecule is NS(=O)(=O)CCNCc1ccc(O)c(Br)c1. The van der Waals surface area contributed by atoms with E-state index in [0.29, 0.717) is 17.6 Å². The Balaban J connectivity index is 2.41. The van der Waals surface area contributed by atoms with Gasteiger partial charge in [0.15, 0.2) is 0 Å². The summed E-state index contributed by atoms with van der Waals surface area (Å²) >= 11 is 3.19. The summed E-state index contributed by atoms with van der Waals surface area (Å²) in [4.78, 5) is 0. The third-order valence-electron chi connectivity index (χ3n) is 1.90. The molecule has 1 rings (SSSR count). The predicted molar refractivity (Wildman–Crippen MR) is 65.5 cm³/mol. The molecule has 0 aromatic heterocycles. The molecule has 7 heteroatoms. The van der Waals surface area contributed by atoms with Crippen LogP contribution in [0.4, 0.5) is 0 Å². The van der Waals surface area contributed by atoms with Gasteiger partial charge in [-0.1, -0.05) is 6.07 Å². The van der Waals surface area contributed by atoms with Crippen molar-refractivity contribution in [3.05, 3.63) is 28.2 Å². The highest BCUT2D eigenvalue weighted by Crippen LogP contribution is 2.23. The summed E-state index contributed by atoms with van der Waals surface area (Å²) < 4.78 is 21.9. The minimum absolute atomic E-state index is 0.0910. The number of sulfonamides is 1. The van der Waals surface area contributed by atoms with Gasteiger partial charge in [-0.2, -0.15) is 0 Å². The van der Waals surface area contributed by atoms with E-state index in [1.165, 1.54) is 0 Å². The molecule has 16 heavy (non-hydrogen) atoms. The first-order valence-electron chi connectivity index (χ1n) is 4.57. The second kappa shape index (κ2) is 5.62. The molecule has 0 spiro atoms. The Bertz CT molecular complexity index is 462. The molecule has 1 aromatic rings. The lowest BCUT2D eigenvalue weighted by Crippen LogP contribution is -2.26. The number of rotatable bonds is 5. The van der Waals surface area contributed by atoms with Crippen LogP contribution in [0.25, 0.3) is 0 Å². The molecule has 0 aliphatic rings. The maximum atomic E-state index is 10.6. The van der Waals surface area contributed by atoms with E-state index in [1.807, 2.05) is 0 Å². The largest absolute Gasteiger partial charge is 0.507 e. The third-order valence-corrected chi connectivity index (χ3v) is 3.31. The molecule has 5 nitrogen and oxygen atoms in total. The molecular formula is C9H13BrN2O3S. The fourth-order valence-electron chi connectivity index (χ4n) is 1.11. The van der Waals surface area contributed by atoms with E-state index in [9.17, 15) is 13.5 Å². The van der Waals surface area contributed by atoms with Gasteiger partial charge in [0.1, 0.15) is 5.75 Å². The van der Waals surface area contributed by atoms with E-state index in [1.54, 1.807) is 18.2 Å². The highest BCUT2D eigenvalue weighted by atomic mass is 79.9. The second-order valence-electron chi connectivity index (χ2n) is 3.33. The van der Waals surface area contributed by atoms with Crippen molar-refractivity contribution in [3.8, 4) is 5.75 Å². The van der Waals surface area contributed by atoms with Crippen molar-refractivity contribution in [2.24, 2.45) is 5.14 Å². The number of aromatic hydroxyl groups is 1. The summed E-state index contributed by atoms with van der Waals surface area (Å²) in [5, 5.41) is 17.1. The quantitative estimate of drug-likeness (QED) is 0.692. The van der Waals surface area contributed by atoms with Crippen molar-refractivity contribution in [2.45, 2.75) is 6.54 Å². The van der Waals surface area contributed by atoms with Crippen molar-refractivity contribution in [1.82, 2.24) is 5.32 Å². The lowest BCUT2D eigenvalue weighted by atomic mass is 10.2. The molecule has 0 bridgehead atoms. The molecule has 0 aliphatic carbocycles. The minimum Gasteiger partial charge on any atom is -0.507 e. The van der Waals surface area contributed by atoms with Gasteiger partial charge in [0, 0.05) is 13.1 Å². The van der Waals surface area contributed by atoms with Crippen LogP contribution in [0.3, 0.4) is 0 Å². The number of nitrogens with one attached hydrogen (secondary N) is 1. The number of primary sulfonamides is 1. The first-order chi connectivity index (χ1) is 7.38. The molecule has 0 fully saturated rings. The molecule has 90 valence electrons. The number of phenols is 1. The molecule has 0 heterocycles. The summed E-state index contributed by atoms with van der Waals surface area (Å²) in [7, 11) is -3.41. The Hall–Kier alpha value is -0.630. The molecule has 0 amide bonds. The van der Waals surface area contributed by atoms with Gasteiger partial charge in [-0.05, 0) is 33.6 Å². The highest BCUT2D eigenvalue weighted by Gasteiger charge is 2.02. The van der Waals surface area contributed by atoms with Crippen molar-refractivity contribution < 1.29 is 13.5 Å². The van der Waals surface area contributed by atoms with E-state index >= 15 is 0 Å². The highest BCUT2D eigenvalue weighted by molar-refractivity contribution is 9.10. The van der Waals surface area contributed by atoms with Gasteiger partial charge in [0.25, 0.3) is 0 Å². The number of hydrogen-bond donors (Lipinski definition) is 3. The monoisotopic (exact) mass is 308 g/mol. The minimum atomic E-state index is -3.41. The zero-order valence-electron chi connectivity index (χ0n) is 8.48. The third kappa shape index (κ3) is 4.93. The lowest BCUT2D eigenvalue weighted by molar-refractivity contribution is 0.471. The van der Waals surface area contributed by atoms with Crippen LogP contribution in [0, 0.1) is 0 Å². The standard InChI is InChI=1S/C9H13BrN2O3S/c10-8-5-7(1-2-9(8)13)6-12-3-4-16(11,14)15/h1-2,5,12-13H,3-4,6H2,(H2,11,14,15).